The maximum absolute atomic E-state index is 12.5. The van der Waals surface area contributed by atoms with E-state index < -0.39 is 0 Å². The van der Waals surface area contributed by atoms with Crippen LogP contribution in [0.25, 0.3) is 0 Å². The molecule has 3 nitrogen and oxygen atoms in total. The molecule has 0 aromatic heterocycles. The molecule has 1 atom stereocenters. The second-order valence-corrected chi connectivity index (χ2v) is 5.67. The predicted molar refractivity (Wildman–Crippen MR) is 71.1 cm³/mol. The first-order chi connectivity index (χ1) is 8.70. The minimum Gasteiger partial charge on any atom is -0.338 e. The molecule has 96 valence electrons. The smallest absolute Gasteiger partial charge is 0.230 e. The van der Waals surface area contributed by atoms with Crippen LogP contribution in [0.4, 0.5) is 0 Å². The number of rotatable bonds is 2. The summed E-state index contributed by atoms with van der Waals surface area (Å²) in [6, 6.07) is 8.44. The van der Waals surface area contributed by atoms with Crippen molar-refractivity contribution in [3.8, 4) is 0 Å². The lowest BCUT2D eigenvalue weighted by atomic mass is 9.86. The number of carbonyl (C=O) groups excluding carboxylic acids is 1. The number of nitrogens with zero attached hydrogens (tertiary/aromatic N) is 1. The van der Waals surface area contributed by atoms with Crippen LogP contribution >= 0.6 is 0 Å². The van der Waals surface area contributed by atoms with Gasteiger partial charge in [-0.3, -0.25) is 4.79 Å². The molecule has 1 spiro atoms. The fourth-order valence-corrected chi connectivity index (χ4v) is 3.21. The first-order valence-electron chi connectivity index (χ1n) is 6.75. The van der Waals surface area contributed by atoms with Crippen LogP contribution in [0, 0.1) is 12.3 Å². The maximum Gasteiger partial charge on any atom is 0.230 e. The normalized spacial score (nSPS) is 27.4. The number of aryl methyl sites for hydroxylation is 1. The van der Waals surface area contributed by atoms with Crippen LogP contribution in [-0.4, -0.2) is 30.4 Å². The minimum absolute atomic E-state index is 0.0795. The second-order valence-electron chi connectivity index (χ2n) is 5.67. The van der Waals surface area contributed by atoms with Gasteiger partial charge in [0.1, 0.15) is 0 Å². The monoisotopic (exact) mass is 244 g/mol. The summed E-state index contributed by atoms with van der Waals surface area (Å²) in [4.78, 5) is 14.5. The van der Waals surface area contributed by atoms with Crippen molar-refractivity contribution >= 4 is 5.91 Å². The molecule has 0 bridgehead atoms. The molecule has 3 heteroatoms. The predicted octanol–water partition coefficient (Wildman–Crippen LogP) is 1.71. The van der Waals surface area contributed by atoms with E-state index in [2.05, 4.69) is 36.5 Å². The lowest BCUT2D eigenvalue weighted by Gasteiger charge is -2.22. The van der Waals surface area contributed by atoms with Crippen LogP contribution in [0.1, 0.15) is 24.0 Å². The number of likely N-dealkylation sites (tertiary alicyclic amines) is 1. The Hall–Kier alpha value is -1.35. The van der Waals surface area contributed by atoms with Gasteiger partial charge in [-0.1, -0.05) is 29.8 Å². The van der Waals surface area contributed by atoms with Gasteiger partial charge < -0.3 is 10.2 Å². The van der Waals surface area contributed by atoms with Crippen LogP contribution < -0.4 is 5.32 Å². The van der Waals surface area contributed by atoms with Gasteiger partial charge in [0.25, 0.3) is 0 Å². The Labute approximate surface area is 108 Å². The number of nitrogens with one attached hydrogen (secondary N) is 1. The van der Waals surface area contributed by atoms with Crippen molar-refractivity contribution in [1.29, 1.82) is 0 Å². The molecule has 1 N–H and O–H groups in total. The number of amides is 1. The van der Waals surface area contributed by atoms with E-state index >= 15 is 0 Å². The van der Waals surface area contributed by atoms with E-state index in [0.717, 1.165) is 39.0 Å². The van der Waals surface area contributed by atoms with Gasteiger partial charge in [0, 0.05) is 19.6 Å². The molecule has 0 aliphatic carbocycles. The van der Waals surface area contributed by atoms with Crippen molar-refractivity contribution in [2.24, 2.45) is 5.41 Å². The van der Waals surface area contributed by atoms with Crippen molar-refractivity contribution in [3.63, 3.8) is 0 Å². The summed E-state index contributed by atoms with van der Waals surface area (Å²) in [5.41, 5.74) is 2.42. The van der Waals surface area contributed by atoms with Crippen molar-refractivity contribution in [2.45, 2.75) is 26.3 Å². The number of hydrogen-bond donors (Lipinski definition) is 1. The van der Waals surface area contributed by atoms with E-state index in [1.165, 1.54) is 11.1 Å². The number of hydrogen-bond acceptors (Lipinski definition) is 2. The molecule has 1 aromatic rings. The average Bonchev–Trinajstić information content (AvgIpc) is 2.93. The Kier molecular flexibility index (Phi) is 2.86. The summed E-state index contributed by atoms with van der Waals surface area (Å²) in [6.07, 6.45) is 2.03. The Morgan fingerprint density at radius 2 is 2.28 bits per heavy atom. The van der Waals surface area contributed by atoms with Crippen molar-refractivity contribution in [3.05, 3.63) is 35.4 Å². The molecule has 2 fully saturated rings. The van der Waals surface area contributed by atoms with Gasteiger partial charge in [0.2, 0.25) is 5.91 Å². The molecule has 1 amide bonds. The van der Waals surface area contributed by atoms with Crippen LogP contribution in [0.15, 0.2) is 24.3 Å². The van der Waals surface area contributed by atoms with Gasteiger partial charge in [-0.25, -0.2) is 0 Å². The van der Waals surface area contributed by atoms with E-state index in [-0.39, 0.29) is 5.41 Å². The number of benzene rings is 1. The molecule has 2 aliphatic heterocycles. The quantitative estimate of drug-likeness (QED) is 0.859. The third kappa shape index (κ3) is 1.93. The minimum atomic E-state index is -0.0795. The van der Waals surface area contributed by atoms with Gasteiger partial charge in [0.05, 0.1) is 5.41 Å². The Bertz CT molecular complexity index is 463. The third-order valence-electron chi connectivity index (χ3n) is 4.30. The SMILES string of the molecule is Cc1cccc(CN2CC[C@]3(CCNC3)C2=O)c1. The average molecular weight is 244 g/mol. The topological polar surface area (TPSA) is 32.3 Å². The molecular formula is C15H20N2O. The highest BCUT2D eigenvalue weighted by atomic mass is 16.2. The van der Waals surface area contributed by atoms with Crippen LogP contribution in [0.2, 0.25) is 0 Å². The molecule has 2 saturated heterocycles. The largest absolute Gasteiger partial charge is 0.338 e. The summed E-state index contributed by atoms with van der Waals surface area (Å²) >= 11 is 0. The zero-order valence-corrected chi connectivity index (χ0v) is 10.9. The third-order valence-corrected chi connectivity index (χ3v) is 4.30. The van der Waals surface area contributed by atoms with Gasteiger partial charge in [0.15, 0.2) is 0 Å². The highest BCUT2D eigenvalue weighted by Crippen LogP contribution is 2.37. The lowest BCUT2D eigenvalue weighted by Crippen LogP contribution is -2.35. The molecular weight excluding hydrogens is 224 g/mol. The maximum atomic E-state index is 12.5. The van der Waals surface area contributed by atoms with Gasteiger partial charge in [-0.15, -0.1) is 0 Å². The van der Waals surface area contributed by atoms with Gasteiger partial charge >= 0.3 is 0 Å². The highest BCUT2D eigenvalue weighted by molar-refractivity contribution is 5.85. The summed E-state index contributed by atoms with van der Waals surface area (Å²) in [5, 5.41) is 3.33. The molecule has 3 rings (SSSR count). The molecule has 1 aromatic carbocycles. The molecule has 0 unspecified atom stereocenters. The van der Waals surface area contributed by atoms with E-state index in [1.54, 1.807) is 0 Å². The summed E-state index contributed by atoms with van der Waals surface area (Å²) in [7, 11) is 0. The lowest BCUT2D eigenvalue weighted by molar-refractivity contribution is -0.135. The van der Waals surface area contributed by atoms with Crippen molar-refractivity contribution in [2.75, 3.05) is 19.6 Å². The van der Waals surface area contributed by atoms with Gasteiger partial charge in [-0.05, 0) is 31.9 Å². The summed E-state index contributed by atoms with van der Waals surface area (Å²) < 4.78 is 0. The Morgan fingerprint density at radius 3 is 3.00 bits per heavy atom. The summed E-state index contributed by atoms with van der Waals surface area (Å²) in [5.74, 6) is 0.356. The molecule has 0 saturated carbocycles. The van der Waals surface area contributed by atoms with E-state index in [0.29, 0.717) is 5.91 Å². The Balaban J connectivity index is 1.73. The van der Waals surface area contributed by atoms with Crippen LogP contribution in [0.5, 0.6) is 0 Å². The van der Waals surface area contributed by atoms with E-state index in [1.807, 2.05) is 4.90 Å². The fraction of sp³-hybridized carbons (Fsp3) is 0.533. The van der Waals surface area contributed by atoms with Crippen LogP contribution in [-0.2, 0) is 11.3 Å². The van der Waals surface area contributed by atoms with Crippen LogP contribution in [0.3, 0.4) is 0 Å². The van der Waals surface area contributed by atoms with Crippen molar-refractivity contribution in [1.82, 2.24) is 10.2 Å². The highest BCUT2D eigenvalue weighted by Gasteiger charge is 2.47. The fourth-order valence-electron chi connectivity index (χ4n) is 3.21. The zero-order chi connectivity index (χ0) is 12.6. The Morgan fingerprint density at radius 1 is 1.39 bits per heavy atom. The second kappa shape index (κ2) is 4.39. The zero-order valence-electron chi connectivity index (χ0n) is 10.9. The molecule has 2 aliphatic rings. The van der Waals surface area contributed by atoms with Gasteiger partial charge in [-0.2, -0.15) is 0 Å². The van der Waals surface area contributed by atoms with E-state index in [4.69, 9.17) is 0 Å². The molecule has 2 heterocycles. The first-order valence-corrected chi connectivity index (χ1v) is 6.75. The summed E-state index contributed by atoms with van der Waals surface area (Å²) in [6.45, 7) is 5.63. The number of carbonyl (C=O) groups is 1. The first kappa shape index (κ1) is 11.7. The standard InChI is InChI=1S/C15H20N2O/c1-12-3-2-4-13(9-12)10-17-8-6-15(14(17)18)5-7-16-11-15/h2-4,9,16H,5-8,10-11H2,1H3/t15-/m0/s1. The molecule has 0 radical (unpaired) electrons. The van der Waals surface area contributed by atoms with Crippen molar-refractivity contribution < 1.29 is 4.79 Å². The van der Waals surface area contributed by atoms with E-state index in [9.17, 15) is 4.79 Å². The molecule has 18 heavy (non-hydrogen) atoms.